The predicted octanol–water partition coefficient (Wildman–Crippen LogP) is 2.23. The number of pyridine rings is 1. The van der Waals surface area contributed by atoms with Gasteiger partial charge in [-0.05, 0) is 49.8 Å². The highest BCUT2D eigenvalue weighted by Crippen LogP contribution is 2.12. The van der Waals surface area contributed by atoms with Crippen molar-refractivity contribution < 1.29 is 14.3 Å². The standard InChI is InChI=1S/C20H23N3O3/c1-14-5-4-6-17(22-14)13-21-20(25)15(2)23-19(24)12-9-16-7-10-18(26-3)11-8-16/h4-12,15H,13H2,1-3H3,(H,21,25)(H,23,24)/b12-9+. The summed E-state index contributed by atoms with van der Waals surface area (Å²) in [6.07, 6.45) is 3.07. The van der Waals surface area contributed by atoms with Crippen LogP contribution >= 0.6 is 0 Å². The number of hydrogen-bond donors (Lipinski definition) is 2. The van der Waals surface area contributed by atoms with Gasteiger partial charge in [0.15, 0.2) is 0 Å². The Labute approximate surface area is 153 Å². The monoisotopic (exact) mass is 353 g/mol. The van der Waals surface area contributed by atoms with Crippen molar-refractivity contribution in [2.45, 2.75) is 26.4 Å². The molecule has 0 aliphatic rings. The van der Waals surface area contributed by atoms with Crippen LogP contribution in [0.5, 0.6) is 5.75 Å². The maximum Gasteiger partial charge on any atom is 0.244 e. The fourth-order valence-electron chi connectivity index (χ4n) is 2.24. The van der Waals surface area contributed by atoms with Crippen LogP contribution in [0.4, 0.5) is 0 Å². The van der Waals surface area contributed by atoms with Gasteiger partial charge in [0.25, 0.3) is 0 Å². The van der Waals surface area contributed by atoms with Crippen LogP contribution < -0.4 is 15.4 Å². The van der Waals surface area contributed by atoms with Crippen molar-refractivity contribution in [2.24, 2.45) is 0 Å². The third-order valence-corrected chi connectivity index (χ3v) is 3.68. The van der Waals surface area contributed by atoms with E-state index in [1.54, 1.807) is 20.1 Å². The van der Waals surface area contributed by atoms with Crippen LogP contribution in [-0.2, 0) is 16.1 Å². The molecule has 0 bridgehead atoms. The summed E-state index contributed by atoms with van der Waals surface area (Å²) in [5.41, 5.74) is 2.53. The molecule has 0 saturated carbocycles. The average Bonchev–Trinajstić information content (AvgIpc) is 2.64. The second kappa shape index (κ2) is 9.36. The Morgan fingerprint density at radius 3 is 2.58 bits per heavy atom. The van der Waals surface area contributed by atoms with E-state index < -0.39 is 6.04 Å². The number of rotatable bonds is 7. The molecule has 136 valence electrons. The summed E-state index contributed by atoms with van der Waals surface area (Å²) in [6, 6.07) is 12.3. The molecule has 6 nitrogen and oxygen atoms in total. The molecule has 1 heterocycles. The molecule has 0 saturated heterocycles. The SMILES string of the molecule is COc1ccc(/C=C/C(=O)NC(C)C(=O)NCc2cccc(C)n2)cc1. The van der Waals surface area contributed by atoms with Gasteiger partial charge in [0.05, 0.1) is 19.3 Å². The smallest absolute Gasteiger partial charge is 0.244 e. The van der Waals surface area contributed by atoms with Gasteiger partial charge in [-0.1, -0.05) is 18.2 Å². The molecule has 0 radical (unpaired) electrons. The number of nitrogens with one attached hydrogen (secondary N) is 2. The van der Waals surface area contributed by atoms with Gasteiger partial charge in [0.1, 0.15) is 11.8 Å². The second-order valence-electron chi connectivity index (χ2n) is 5.82. The molecule has 2 aromatic rings. The number of aryl methyl sites for hydroxylation is 1. The Kier molecular flexibility index (Phi) is 6.91. The Bertz CT molecular complexity index is 785. The lowest BCUT2D eigenvalue weighted by Crippen LogP contribution is -2.44. The molecular formula is C20H23N3O3. The Hall–Kier alpha value is -3.15. The normalized spacial score (nSPS) is 11.8. The van der Waals surface area contributed by atoms with Crippen molar-refractivity contribution in [1.29, 1.82) is 0 Å². The zero-order chi connectivity index (χ0) is 18.9. The predicted molar refractivity (Wildman–Crippen MR) is 100 cm³/mol. The summed E-state index contributed by atoms with van der Waals surface area (Å²) in [5, 5.41) is 5.40. The molecule has 2 rings (SSSR count). The first-order chi connectivity index (χ1) is 12.5. The van der Waals surface area contributed by atoms with E-state index in [1.807, 2.05) is 49.4 Å². The maximum absolute atomic E-state index is 12.1. The number of carbonyl (C=O) groups is 2. The van der Waals surface area contributed by atoms with E-state index >= 15 is 0 Å². The Morgan fingerprint density at radius 1 is 1.19 bits per heavy atom. The fraction of sp³-hybridized carbons (Fsp3) is 0.250. The van der Waals surface area contributed by atoms with E-state index in [0.29, 0.717) is 6.54 Å². The van der Waals surface area contributed by atoms with Crippen molar-refractivity contribution in [2.75, 3.05) is 7.11 Å². The molecule has 1 unspecified atom stereocenters. The van der Waals surface area contributed by atoms with E-state index in [0.717, 1.165) is 22.7 Å². The highest BCUT2D eigenvalue weighted by Gasteiger charge is 2.14. The highest BCUT2D eigenvalue weighted by molar-refractivity contribution is 5.95. The number of ether oxygens (including phenoxy) is 1. The summed E-state index contributed by atoms with van der Waals surface area (Å²) in [6.45, 7) is 3.85. The molecular weight excluding hydrogens is 330 g/mol. The van der Waals surface area contributed by atoms with Crippen molar-refractivity contribution in [3.05, 3.63) is 65.5 Å². The molecule has 0 fully saturated rings. The van der Waals surface area contributed by atoms with E-state index in [1.165, 1.54) is 6.08 Å². The minimum absolute atomic E-state index is 0.264. The second-order valence-corrected chi connectivity index (χ2v) is 5.82. The number of carbonyl (C=O) groups excluding carboxylic acids is 2. The number of nitrogens with zero attached hydrogens (tertiary/aromatic N) is 1. The Morgan fingerprint density at radius 2 is 1.92 bits per heavy atom. The molecule has 1 aromatic carbocycles. The number of hydrogen-bond acceptors (Lipinski definition) is 4. The topological polar surface area (TPSA) is 80.3 Å². The zero-order valence-corrected chi connectivity index (χ0v) is 15.2. The first-order valence-electron chi connectivity index (χ1n) is 8.31. The molecule has 0 aliphatic carbocycles. The van der Waals surface area contributed by atoms with Crippen LogP contribution in [0.25, 0.3) is 6.08 Å². The molecule has 6 heteroatoms. The molecule has 0 aliphatic heterocycles. The lowest BCUT2D eigenvalue weighted by molar-refractivity contribution is -0.126. The van der Waals surface area contributed by atoms with Crippen LogP contribution in [-0.4, -0.2) is 29.9 Å². The number of amides is 2. The third-order valence-electron chi connectivity index (χ3n) is 3.68. The van der Waals surface area contributed by atoms with Gasteiger partial charge >= 0.3 is 0 Å². The van der Waals surface area contributed by atoms with Crippen molar-refractivity contribution >= 4 is 17.9 Å². The first kappa shape index (κ1) is 19.2. The van der Waals surface area contributed by atoms with E-state index in [4.69, 9.17) is 4.74 Å². The van der Waals surface area contributed by atoms with Crippen LogP contribution in [0.2, 0.25) is 0 Å². The van der Waals surface area contributed by atoms with E-state index in [9.17, 15) is 9.59 Å². The van der Waals surface area contributed by atoms with Gasteiger partial charge in [-0.2, -0.15) is 0 Å². The lowest BCUT2D eigenvalue weighted by atomic mass is 10.2. The van der Waals surface area contributed by atoms with Gasteiger partial charge in [-0.15, -0.1) is 0 Å². The van der Waals surface area contributed by atoms with Crippen LogP contribution in [0, 0.1) is 6.92 Å². The third kappa shape index (κ3) is 6.05. The molecule has 1 atom stereocenters. The largest absolute Gasteiger partial charge is 0.497 e. The van der Waals surface area contributed by atoms with Crippen LogP contribution in [0.1, 0.15) is 23.9 Å². The quantitative estimate of drug-likeness (QED) is 0.748. The highest BCUT2D eigenvalue weighted by atomic mass is 16.5. The Balaban J connectivity index is 1.81. The van der Waals surface area contributed by atoms with Crippen LogP contribution in [0.15, 0.2) is 48.5 Å². The summed E-state index contributed by atoms with van der Waals surface area (Å²) in [7, 11) is 1.60. The minimum Gasteiger partial charge on any atom is -0.497 e. The number of benzene rings is 1. The summed E-state index contributed by atoms with van der Waals surface area (Å²) < 4.78 is 5.08. The summed E-state index contributed by atoms with van der Waals surface area (Å²) >= 11 is 0. The molecule has 2 N–H and O–H groups in total. The number of methoxy groups -OCH3 is 1. The maximum atomic E-state index is 12.1. The lowest BCUT2D eigenvalue weighted by Gasteiger charge is -2.13. The van der Waals surface area contributed by atoms with Crippen molar-refractivity contribution in [1.82, 2.24) is 15.6 Å². The zero-order valence-electron chi connectivity index (χ0n) is 15.2. The van der Waals surface area contributed by atoms with E-state index in [2.05, 4.69) is 15.6 Å². The van der Waals surface area contributed by atoms with Crippen molar-refractivity contribution in [3.63, 3.8) is 0 Å². The molecule has 1 aromatic heterocycles. The average molecular weight is 353 g/mol. The van der Waals surface area contributed by atoms with Gasteiger partial charge in [0.2, 0.25) is 11.8 Å². The number of aromatic nitrogens is 1. The van der Waals surface area contributed by atoms with Gasteiger partial charge in [0, 0.05) is 11.8 Å². The fourth-order valence-corrected chi connectivity index (χ4v) is 2.24. The van der Waals surface area contributed by atoms with Crippen LogP contribution in [0.3, 0.4) is 0 Å². The van der Waals surface area contributed by atoms with Gasteiger partial charge < -0.3 is 15.4 Å². The summed E-state index contributed by atoms with van der Waals surface area (Å²) in [4.78, 5) is 28.4. The van der Waals surface area contributed by atoms with E-state index in [-0.39, 0.29) is 11.8 Å². The molecule has 0 spiro atoms. The summed E-state index contributed by atoms with van der Waals surface area (Å²) in [5.74, 6) is 0.150. The minimum atomic E-state index is -0.646. The van der Waals surface area contributed by atoms with Gasteiger partial charge in [-0.3, -0.25) is 14.6 Å². The van der Waals surface area contributed by atoms with Crippen molar-refractivity contribution in [3.8, 4) is 5.75 Å². The molecule has 2 amide bonds. The molecule has 26 heavy (non-hydrogen) atoms. The van der Waals surface area contributed by atoms with Gasteiger partial charge in [-0.25, -0.2) is 0 Å². The first-order valence-corrected chi connectivity index (χ1v) is 8.31.